The summed E-state index contributed by atoms with van der Waals surface area (Å²) >= 11 is 0. The fourth-order valence-electron chi connectivity index (χ4n) is 11.2. The molecule has 13 heteroatoms. The lowest BCUT2D eigenvalue weighted by atomic mass is 9.92. The van der Waals surface area contributed by atoms with Gasteiger partial charge >= 0.3 is 6.09 Å². The Morgan fingerprint density at radius 1 is 0.984 bits per heavy atom. The highest BCUT2D eigenvalue weighted by Crippen LogP contribution is 2.55. The summed E-state index contributed by atoms with van der Waals surface area (Å²) in [6, 6.07) is 6.48. The Labute approximate surface area is 378 Å². The number of fused-ring (bicyclic) bond motifs is 4. The van der Waals surface area contributed by atoms with Crippen LogP contribution in [-0.4, -0.2) is 86.6 Å². The molecule has 344 valence electrons. The number of halogens is 2. The van der Waals surface area contributed by atoms with Crippen molar-refractivity contribution in [1.82, 2.24) is 14.9 Å². The molecule has 3 unspecified atom stereocenters. The van der Waals surface area contributed by atoms with Gasteiger partial charge in [0, 0.05) is 66.0 Å². The average Bonchev–Trinajstić information content (AvgIpc) is 3.95. The Hall–Kier alpha value is -4.35. The lowest BCUT2D eigenvalue weighted by Gasteiger charge is -2.42. The van der Waals surface area contributed by atoms with Gasteiger partial charge < -0.3 is 28.6 Å². The normalized spacial score (nSPS) is 21.0. The molecule has 10 nitrogen and oxygen atoms in total. The minimum atomic E-state index is -2.31. The van der Waals surface area contributed by atoms with E-state index in [1.807, 2.05) is 38.7 Å². The van der Waals surface area contributed by atoms with Gasteiger partial charge in [-0.3, -0.25) is 9.88 Å². The largest absolute Gasteiger partial charge is 0.468 e. The van der Waals surface area contributed by atoms with Crippen molar-refractivity contribution >= 4 is 41.5 Å². The van der Waals surface area contributed by atoms with Crippen molar-refractivity contribution in [3.8, 4) is 28.5 Å². The second-order valence-electron chi connectivity index (χ2n) is 20.4. The minimum Gasteiger partial charge on any atom is -0.468 e. The highest BCUT2D eigenvalue weighted by Gasteiger charge is 2.52. The van der Waals surface area contributed by atoms with E-state index >= 15 is 8.78 Å². The number of anilines is 1. The summed E-state index contributed by atoms with van der Waals surface area (Å²) in [5.41, 5.74) is 5.23. The van der Waals surface area contributed by atoms with E-state index in [9.17, 15) is 4.79 Å². The number of carbonyl (C=O) groups is 1. The topological polar surface area (TPSA) is 95.5 Å². The fourth-order valence-corrected chi connectivity index (χ4v) is 16.4. The zero-order chi connectivity index (χ0) is 45.9. The Kier molecular flexibility index (Phi) is 12.8. The first-order valence-corrected chi connectivity index (χ1v) is 25.6. The van der Waals surface area contributed by atoms with E-state index in [0.29, 0.717) is 99.1 Å². The third-order valence-electron chi connectivity index (χ3n) is 14.1. The van der Waals surface area contributed by atoms with E-state index in [1.165, 1.54) is 13.2 Å². The van der Waals surface area contributed by atoms with Gasteiger partial charge in [0.25, 0.3) is 0 Å². The van der Waals surface area contributed by atoms with Crippen molar-refractivity contribution in [3.63, 3.8) is 0 Å². The van der Waals surface area contributed by atoms with Gasteiger partial charge in [0.05, 0.1) is 23.2 Å². The molecular weight excluding hydrogens is 831 g/mol. The summed E-state index contributed by atoms with van der Waals surface area (Å²) in [5, 5.41) is 2.03. The van der Waals surface area contributed by atoms with Gasteiger partial charge in [0.15, 0.2) is 18.9 Å². The van der Waals surface area contributed by atoms with Crippen LogP contribution in [0.4, 0.5) is 19.4 Å². The maximum Gasteiger partial charge on any atom is 0.410 e. The summed E-state index contributed by atoms with van der Waals surface area (Å²) in [7, 11) is -0.775. The van der Waals surface area contributed by atoms with Crippen LogP contribution in [0.2, 0.25) is 16.6 Å². The van der Waals surface area contributed by atoms with E-state index in [4.69, 9.17) is 33.7 Å². The molecule has 3 aliphatic heterocycles. The number of hydrogen-bond acceptors (Lipinski definition) is 9. The van der Waals surface area contributed by atoms with Crippen LogP contribution >= 0.6 is 0 Å². The van der Waals surface area contributed by atoms with Crippen molar-refractivity contribution in [1.29, 1.82) is 0 Å². The smallest absolute Gasteiger partial charge is 0.410 e. The zero-order valence-corrected chi connectivity index (χ0v) is 40.6. The van der Waals surface area contributed by atoms with Gasteiger partial charge in [-0.1, -0.05) is 53.5 Å². The van der Waals surface area contributed by atoms with Crippen LogP contribution in [0.1, 0.15) is 124 Å². The number of carbonyl (C=O) groups excluding carboxylic acids is 1. The maximum atomic E-state index is 18.6. The quantitative estimate of drug-likeness (QED) is 0.0828. The molecule has 64 heavy (non-hydrogen) atoms. The number of nitrogens with zero attached hydrogens (tertiary/aromatic N) is 4. The molecule has 8 rings (SSSR count). The van der Waals surface area contributed by atoms with Crippen molar-refractivity contribution in [2.45, 2.75) is 160 Å². The fraction of sp³-hybridized carbons (Fsp3) is 0.588. The monoisotopic (exact) mass is 896 g/mol. The second kappa shape index (κ2) is 17.8. The number of ether oxygens (including phenoxy) is 5. The molecular formula is C51H66F2N4O6Si. The number of rotatable bonds is 11. The standard InChI is InChI=1S/C51H66F2N4O6Si/c1-30(2)64(31(3)4,32(5)6)23-19-38-41(52)18-15-34-24-37(61-29-59-11)25-39(43(34)38)47-46(53)44-40(26-54-47)48(55-33(7)45(44)51(20-21-51)62-42-14-12-13-22-60-42)56-27-35-16-17-36(28-56)57(35)49(58)63-50(8,9)10/h15,18,24-26,30-32,35-36,42H,12-14,16-17,20-22,27-29H2,1-11H3. The first-order chi connectivity index (χ1) is 30.4. The lowest BCUT2D eigenvalue weighted by molar-refractivity contribution is -0.199. The van der Waals surface area contributed by atoms with Gasteiger partial charge in [-0.15, -0.1) is 5.54 Å². The third kappa shape index (κ3) is 8.49. The van der Waals surface area contributed by atoms with Gasteiger partial charge in [0.1, 0.15) is 36.8 Å². The summed E-state index contributed by atoms with van der Waals surface area (Å²) < 4.78 is 65.2. The molecule has 1 aliphatic carbocycles. The molecule has 0 N–H and O–H groups in total. The first-order valence-electron chi connectivity index (χ1n) is 23.4. The predicted molar refractivity (Wildman–Crippen MR) is 250 cm³/mol. The molecule has 2 bridgehead atoms. The number of hydrogen-bond donors (Lipinski definition) is 0. The highest BCUT2D eigenvalue weighted by molar-refractivity contribution is 6.90. The van der Waals surface area contributed by atoms with Crippen molar-refractivity contribution in [2.24, 2.45) is 0 Å². The van der Waals surface area contributed by atoms with E-state index in [2.05, 4.69) is 57.9 Å². The van der Waals surface area contributed by atoms with Gasteiger partial charge in [-0.2, -0.15) is 0 Å². The van der Waals surface area contributed by atoms with Gasteiger partial charge in [-0.05, 0) is 113 Å². The molecule has 3 saturated heterocycles. The summed E-state index contributed by atoms with van der Waals surface area (Å²) in [6.45, 7) is 22.5. The van der Waals surface area contributed by atoms with Gasteiger partial charge in [-0.25, -0.2) is 18.6 Å². The Bertz CT molecular complexity index is 2450. The average molecular weight is 897 g/mol. The maximum absolute atomic E-state index is 18.6. The van der Waals surface area contributed by atoms with Crippen LogP contribution in [-0.2, 0) is 24.5 Å². The number of methoxy groups -OCH3 is 1. The van der Waals surface area contributed by atoms with Crippen molar-refractivity contribution in [2.75, 3.05) is 38.5 Å². The highest BCUT2D eigenvalue weighted by atomic mass is 28.3. The lowest BCUT2D eigenvalue weighted by Crippen LogP contribution is -2.57. The van der Waals surface area contributed by atoms with E-state index < -0.39 is 37.2 Å². The predicted octanol–water partition coefficient (Wildman–Crippen LogP) is 11.7. The SMILES string of the molecule is COCOc1cc(-c2ncc3c(N4CC5CCC(C4)N5C(=O)OC(C)(C)C)nc(C)c(C4(OC5CCCCO5)CC4)c3c2F)c2c(C#C[Si](C(C)C)(C(C)C)C(C)C)c(F)ccc2c1. The molecule has 2 aromatic heterocycles. The Balaban J connectivity index is 1.34. The molecule has 4 aromatic rings. The first kappa shape index (κ1) is 46.2. The van der Waals surface area contributed by atoms with E-state index in [-0.39, 0.29) is 36.2 Å². The number of aromatic nitrogens is 2. The summed E-state index contributed by atoms with van der Waals surface area (Å²) in [4.78, 5) is 27.8. The van der Waals surface area contributed by atoms with Crippen LogP contribution in [0, 0.1) is 30.0 Å². The molecule has 3 atom stereocenters. The number of pyridine rings is 2. The molecule has 4 aliphatic rings. The number of aryl methyl sites for hydroxylation is 1. The molecule has 0 radical (unpaired) electrons. The molecule has 2 aromatic carbocycles. The summed E-state index contributed by atoms with van der Waals surface area (Å²) in [6.07, 6.45) is 6.73. The zero-order valence-electron chi connectivity index (χ0n) is 39.6. The molecule has 5 heterocycles. The molecule has 1 amide bonds. The molecule has 0 spiro atoms. The summed E-state index contributed by atoms with van der Waals surface area (Å²) in [5.74, 6) is 3.39. The van der Waals surface area contributed by atoms with E-state index in [1.54, 1.807) is 18.3 Å². The Morgan fingerprint density at radius 2 is 1.67 bits per heavy atom. The third-order valence-corrected chi connectivity index (χ3v) is 20.4. The van der Waals surface area contributed by atoms with Crippen LogP contribution in [0.5, 0.6) is 5.75 Å². The number of benzene rings is 2. The minimum absolute atomic E-state index is 0.0393. The van der Waals surface area contributed by atoms with Crippen LogP contribution in [0.15, 0.2) is 30.5 Å². The Morgan fingerprint density at radius 3 is 2.27 bits per heavy atom. The number of piperazine rings is 1. The van der Waals surface area contributed by atoms with Gasteiger partial charge in [0.2, 0.25) is 0 Å². The number of amides is 1. The van der Waals surface area contributed by atoms with Crippen LogP contribution in [0.25, 0.3) is 32.8 Å². The van der Waals surface area contributed by atoms with Crippen molar-refractivity contribution < 1.29 is 37.3 Å². The van der Waals surface area contributed by atoms with E-state index in [0.717, 1.165) is 32.1 Å². The van der Waals surface area contributed by atoms with Crippen molar-refractivity contribution in [3.05, 3.63) is 58.9 Å². The van der Waals surface area contributed by atoms with Crippen LogP contribution < -0.4 is 9.64 Å². The van der Waals surface area contributed by atoms with Crippen LogP contribution in [0.3, 0.4) is 0 Å². The molecule has 4 fully saturated rings. The second-order valence-corrected chi connectivity index (χ2v) is 26.0. The molecule has 1 saturated carbocycles.